The van der Waals surface area contributed by atoms with Crippen LogP contribution >= 0.6 is 23.8 Å². The summed E-state index contributed by atoms with van der Waals surface area (Å²) in [6.07, 6.45) is 0. The van der Waals surface area contributed by atoms with Crippen molar-refractivity contribution in [2.24, 2.45) is 5.73 Å². The first-order valence-corrected chi connectivity index (χ1v) is 6.47. The van der Waals surface area contributed by atoms with Crippen LogP contribution in [-0.2, 0) is 0 Å². The summed E-state index contributed by atoms with van der Waals surface area (Å²) in [6, 6.07) is 9.01. The smallest absolute Gasteiger partial charge is 0.229 e. The summed E-state index contributed by atoms with van der Waals surface area (Å²) in [7, 11) is 0. The third-order valence-electron chi connectivity index (χ3n) is 2.57. The number of pyridine rings is 1. The van der Waals surface area contributed by atoms with Crippen molar-refractivity contribution in [3.63, 3.8) is 0 Å². The van der Waals surface area contributed by atoms with Crippen molar-refractivity contribution < 1.29 is 4.74 Å². The molecule has 0 fully saturated rings. The number of aryl methyl sites for hydroxylation is 2. The molecular weight excluding hydrogens is 280 g/mol. The Kier molecular flexibility index (Phi) is 4.02. The van der Waals surface area contributed by atoms with E-state index in [4.69, 9.17) is 34.3 Å². The Morgan fingerprint density at radius 1 is 1.32 bits per heavy atom. The maximum atomic E-state index is 5.93. The van der Waals surface area contributed by atoms with Crippen LogP contribution < -0.4 is 10.5 Å². The lowest BCUT2D eigenvalue weighted by Gasteiger charge is -2.12. The van der Waals surface area contributed by atoms with E-state index in [1.165, 1.54) is 0 Å². The summed E-state index contributed by atoms with van der Waals surface area (Å²) in [5.74, 6) is 1.01. The SMILES string of the molecule is Cc1cc(C)c(C(N)=S)c(Oc2cccc(Cl)c2)n1. The summed E-state index contributed by atoms with van der Waals surface area (Å²) >= 11 is 11.0. The van der Waals surface area contributed by atoms with E-state index in [-0.39, 0.29) is 4.99 Å². The van der Waals surface area contributed by atoms with Crippen molar-refractivity contribution in [3.05, 3.63) is 52.2 Å². The quantitative estimate of drug-likeness (QED) is 0.875. The number of rotatable bonds is 3. The van der Waals surface area contributed by atoms with Crippen LogP contribution in [0.4, 0.5) is 0 Å². The van der Waals surface area contributed by atoms with Gasteiger partial charge in [0, 0.05) is 10.7 Å². The lowest BCUT2D eigenvalue weighted by molar-refractivity contribution is 0.460. The minimum absolute atomic E-state index is 0.266. The largest absolute Gasteiger partial charge is 0.438 e. The summed E-state index contributed by atoms with van der Waals surface area (Å²) in [5.41, 5.74) is 8.17. The molecule has 5 heteroatoms. The molecule has 0 amide bonds. The van der Waals surface area contributed by atoms with Gasteiger partial charge in [-0.25, -0.2) is 4.98 Å². The number of ether oxygens (including phenoxy) is 1. The molecule has 2 aromatic rings. The second-order valence-corrected chi connectivity index (χ2v) is 5.06. The Hall–Kier alpha value is -1.65. The highest BCUT2D eigenvalue weighted by molar-refractivity contribution is 7.80. The number of nitrogens with two attached hydrogens (primary N) is 1. The number of nitrogens with zero attached hydrogens (tertiary/aromatic N) is 1. The van der Waals surface area contributed by atoms with E-state index in [2.05, 4.69) is 4.98 Å². The zero-order valence-electron chi connectivity index (χ0n) is 10.6. The Morgan fingerprint density at radius 2 is 2.05 bits per heavy atom. The fraction of sp³-hybridized carbons (Fsp3) is 0.143. The average molecular weight is 293 g/mol. The minimum Gasteiger partial charge on any atom is -0.438 e. The van der Waals surface area contributed by atoms with Gasteiger partial charge in [-0.2, -0.15) is 0 Å². The maximum absolute atomic E-state index is 5.93. The number of thiocarbonyl (C=S) groups is 1. The summed E-state index contributed by atoms with van der Waals surface area (Å²) in [5, 5.41) is 0.596. The highest BCUT2D eigenvalue weighted by atomic mass is 35.5. The molecule has 0 saturated carbocycles. The molecule has 1 aromatic heterocycles. The van der Waals surface area contributed by atoms with Crippen LogP contribution in [0.3, 0.4) is 0 Å². The van der Waals surface area contributed by atoms with Crippen LogP contribution in [0.2, 0.25) is 5.02 Å². The van der Waals surface area contributed by atoms with Crippen molar-refractivity contribution >= 4 is 28.8 Å². The molecule has 0 spiro atoms. The predicted octanol–water partition coefficient (Wildman–Crippen LogP) is 3.78. The average Bonchev–Trinajstić information content (AvgIpc) is 2.26. The van der Waals surface area contributed by atoms with Crippen molar-refractivity contribution in [3.8, 4) is 11.6 Å². The van der Waals surface area contributed by atoms with E-state index < -0.39 is 0 Å². The van der Waals surface area contributed by atoms with E-state index in [1.807, 2.05) is 19.9 Å². The number of benzene rings is 1. The lowest BCUT2D eigenvalue weighted by Crippen LogP contribution is -2.14. The number of aromatic nitrogens is 1. The van der Waals surface area contributed by atoms with Gasteiger partial charge in [0.05, 0.1) is 5.56 Å². The van der Waals surface area contributed by atoms with Gasteiger partial charge < -0.3 is 10.5 Å². The minimum atomic E-state index is 0.266. The van der Waals surface area contributed by atoms with E-state index in [9.17, 15) is 0 Å². The van der Waals surface area contributed by atoms with Crippen molar-refractivity contribution in [2.45, 2.75) is 13.8 Å². The highest BCUT2D eigenvalue weighted by Gasteiger charge is 2.13. The second kappa shape index (κ2) is 5.55. The molecule has 0 saturated heterocycles. The fourth-order valence-electron chi connectivity index (χ4n) is 1.82. The predicted molar refractivity (Wildman–Crippen MR) is 81.1 cm³/mol. The molecule has 0 radical (unpaired) electrons. The second-order valence-electron chi connectivity index (χ2n) is 4.18. The van der Waals surface area contributed by atoms with Crippen LogP contribution in [0.25, 0.3) is 0 Å². The van der Waals surface area contributed by atoms with Gasteiger partial charge in [0.15, 0.2) is 0 Å². The summed E-state index contributed by atoms with van der Waals surface area (Å²) < 4.78 is 5.75. The number of hydrogen-bond donors (Lipinski definition) is 1. The van der Waals surface area contributed by atoms with E-state index in [1.54, 1.807) is 24.3 Å². The molecule has 0 aliphatic heterocycles. The van der Waals surface area contributed by atoms with Gasteiger partial charge in [-0.3, -0.25) is 0 Å². The van der Waals surface area contributed by atoms with Crippen LogP contribution in [0, 0.1) is 13.8 Å². The Balaban J connectivity index is 2.47. The zero-order chi connectivity index (χ0) is 14.0. The van der Waals surface area contributed by atoms with Gasteiger partial charge in [-0.1, -0.05) is 29.9 Å². The molecule has 0 atom stereocenters. The van der Waals surface area contributed by atoms with Gasteiger partial charge in [-0.05, 0) is 43.7 Å². The third-order valence-corrected chi connectivity index (χ3v) is 3.01. The number of hydrogen-bond acceptors (Lipinski definition) is 3. The van der Waals surface area contributed by atoms with E-state index in [0.29, 0.717) is 22.2 Å². The van der Waals surface area contributed by atoms with Crippen LogP contribution in [-0.4, -0.2) is 9.97 Å². The number of halogens is 1. The topological polar surface area (TPSA) is 48.1 Å². The molecular formula is C14H13ClN2OS. The van der Waals surface area contributed by atoms with Gasteiger partial charge in [0.25, 0.3) is 0 Å². The van der Waals surface area contributed by atoms with Crippen molar-refractivity contribution in [2.75, 3.05) is 0 Å². The summed E-state index contributed by atoms with van der Waals surface area (Å²) in [4.78, 5) is 4.61. The van der Waals surface area contributed by atoms with Gasteiger partial charge >= 0.3 is 0 Å². The standard InChI is InChI=1S/C14H13ClN2OS/c1-8-6-9(2)17-14(12(8)13(16)19)18-11-5-3-4-10(15)7-11/h3-7H,1-2H3,(H2,16,19). The molecule has 1 aromatic carbocycles. The van der Waals surface area contributed by atoms with E-state index >= 15 is 0 Å². The van der Waals surface area contributed by atoms with E-state index in [0.717, 1.165) is 11.3 Å². The normalized spacial score (nSPS) is 10.3. The Labute approximate surface area is 122 Å². The lowest BCUT2D eigenvalue weighted by atomic mass is 10.1. The molecule has 1 heterocycles. The van der Waals surface area contributed by atoms with Crippen molar-refractivity contribution in [1.82, 2.24) is 4.98 Å². The maximum Gasteiger partial charge on any atom is 0.229 e. The van der Waals surface area contributed by atoms with Gasteiger partial charge in [0.1, 0.15) is 10.7 Å². The van der Waals surface area contributed by atoms with Gasteiger partial charge in [-0.15, -0.1) is 0 Å². The molecule has 0 aliphatic carbocycles. The molecule has 0 aliphatic rings. The third kappa shape index (κ3) is 3.22. The molecule has 0 bridgehead atoms. The first-order valence-electron chi connectivity index (χ1n) is 5.69. The molecule has 2 N–H and O–H groups in total. The first kappa shape index (κ1) is 13.8. The highest BCUT2D eigenvalue weighted by Crippen LogP contribution is 2.27. The van der Waals surface area contributed by atoms with Crippen LogP contribution in [0.1, 0.15) is 16.8 Å². The van der Waals surface area contributed by atoms with Crippen molar-refractivity contribution in [1.29, 1.82) is 0 Å². The first-order chi connectivity index (χ1) is 8.97. The monoisotopic (exact) mass is 292 g/mol. The van der Waals surface area contributed by atoms with Gasteiger partial charge in [0.2, 0.25) is 5.88 Å². The Bertz CT molecular complexity index is 643. The molecule has 19 heavy (non-hydrogen) atoms. The zero-order valence-corrected chi connectivity index (χ0v) is 12.2. The summed E-state index contributed by atoms with van der Waals surface area (Å²) in [6.45, 7) is 3.81. The Morgan fingerprint density at radius 3 is 2.68 bits per heavy atom. The molecule has 3 nitrogen and oxygen atoms in total. The fourth-order valence-corrected chi connectivity index (χ4v) is 2.25. The molecule has 0 unspecified atom stereocenters. The van der Waals surface area contributed by atoms with Crippen LogP contribution in [0.15, 0.2) is 30.3 Å². The molecule has 98 valence electrons. The van der Waals surface area contributed by atoms with Crippen LogP contribution in [0.5, 0.6) is 11.6 Å². The molecule has 2 rings (SSSR count).